The van der Waals surface area contributed by atoms with Crippen LogP contribution >= 0.6 is 0 Å². The Hall–Kier alpha value is -4.21. The number of benzene rings is 1. The first-order valence-electron chi connectivity index (χ1n) is 11.0. The number of nitrogens with one attached hydrogen (secondary N) is 2. The highest BCUT2D eigenvalue weighted by Gasteiger charge is 2.30. The molecule has 35 heavy (non-hydrogen) atoms. The van der Waals surface area contributed by atoms with Gasteiger partial charge in [0, 0.05) is 42.5 Å². The Bertz CT molecular complexity index is 1320. The van der Waals surface area contributed by atoms with Gasteiger partial charge in [0.2, 0.25) is 5.95 Å². The second-order valence-corrected chi connectivity index (χ2v) is 8.39. The van der Waals surface area contributed by atoms with E-state index < -0.39 is 11.7 Å². The summed E-state index contributed by atoms with van der Waals surface area (Å²) in [4.78, 5) is 12.7. The molecule has 0 bridgehead atoms. The van der Waals surface area contributed by atoms with E-state index in [0.717, 1.165) is 40.7 Å². The summed E-state index contributed by atoms with van der Waals surface area (Å²) in [6.07, 6.45) is 6.69. The van der Waals surface area contributed by atoms with Gasteiger partial charge in [-0.25, -0.2) is 15.0 Å². The number of pyridine rings is 1. The molecule has 2 N–H and O–H groups in total. The second kappa shape index (κ2) is 9.21. The number of nitrogens with zero attached hydrogens (tertiary/aromatic N) is 5. The van der Waals surface area contributed by atoms with Crippen molar-refractivity contribution in [1.29, 1.82) is 0 Å². The minimum absolute atomic E-state index is 0.104. The third-order valence-corrected chi connectivity index (χ3v) is 5.53. The highest BCUT2D eigenvalue weighted by Crippen LogP contribution is 2.35. The van der Waals surface area contributed by atoms with Crippen LogP contribution in [-0.4, -0.2) is 24.7 Å². The molecule has 178 valence electrons. The van der Waals surface area contributed by atoms with E-state index in [4.69, 9.17) is 0 Å². The van der Waals surface area contributed by atoms with Crippen LogP contribution in [0, 0.1) is 0 Å². The van der Waals surface area contributed by atoms with Gasteiger partial charge in [-0.05, 0) is 36.1 Å². The first kappa shape index (κ1) is 22.6. The van der Waals surface area contributed by atoms with Crippen molar-refractivity contribution in [3.8, 4) is 11.1 Å². The zero-order valence-corrected chi connectivity index (χ0v) is 18.6. The fourth-order valence-electron chi connectivity index (χ4n) is 3.57. The van der Waals surface area contributed by atoms with Gasteiger partial charge in [0.15, 0.2) is 0 Å². The number of halogens is 3. The molecule has 4 aromatic rings. The first-order valence-corrected chi connectivity index (χ1v) is 11.0. The van der Waals surface area contributed by atoms with Crippen molar-refractivity contribution in [2.75, 3.05) is 10.6 Å². The quantitative estimate of drug-likeness (QED) is 0.324. The van der Waals surface area contributed by atoms with E-state index in [9.17, 15) is 13.2 Å². The third kappa shape index (κ3) is 5.65. The molecule has 3 heterocycles. The van der Waals surface area contributed by atoms with Crippen molar-refractivity contribution in [2.24, 2.45) is 0 Å². The van der Waals surface area contributed by atoms with E-state index in [-0.39, 0.29) is 5.82 Å². The zero-order valence-electron chi connectivity index (χ0n) is 18.6. The van der Waals surface area contributed by atoms with E-state index in [1.807, 2.05) is 35.1 Å². The van der Waals surface area contributed by atoms with Gasteiger partial charge in [0.05, 0.1) is 23.5 Å². The lowest BCUT2D eigenvalue weighted by atomic mass is 10.0. The number of hydrogen-bond donors (Lipinski definition) is 2. The van der Waals surface area contributed by atoms with Crippen LogP contribution in [0.1, 0.15) is 30.0 Å². The standard InChI is InChI=1S/C25H22F3N7/c1-16(33-23-11-20(8-9-29-23)25(26,27)28)10-17-2-4-18(5-3-17)19-12-30-24(31-13-19)34-21-14-32-35(15-21)22-6-7-22/h2-5,8-9,11-15,22H,1,6-7,10H2,(H,29,33)(H,30,31,34). The molecule has 0 spiro atoms. The first-order chi connectivity index (χ1) is 16.8. The summed E-state index contributed by atoms with van der Waals surface area (Å²) in [5.74, 6) is 0.596. The van der Waals surface area contributed by atoms with Crippen molar-refractivity contribution in [1.82, 2.24) is 24.7 Å². The average Bonchev–Trinajstić information content (AvgIpc) is 3.58. The number of aromatic nitrogens is 5. The molecular weight excluding hydrogens is 455 g/mol. The molecule has 0 radical (unpaired) electrons. The van der Waals surface area contributed by atoms with Crippen molar-refractivity contribution in [2.45, 2.75) is 31.5 Å². The molecule has 0 amide bonds. The fraction of sp³-hybridized carbons (Fsp3) is 0.200. The van der Waals surface area contributed by atoms with Crippen LogP contribution in [0.25, 0.3) is 11.1 Å². The third-order valence-electron chi connectivity index (χ3n) is 5.53. The molecule has 0 unspecified atom stereocenters. The van der Waals surface area contributed by atoms with Gasteiger partial charge < -0.3 is 10.6 Å². The molecule has 0 aliphatic heterocycles. The van der Waals surface area contributed by atoms with Gasteiger partial charge in [0.1, 0.15) is 5.82 Å². The number of rotatable bonds is 8. The summed E-state index contributed by atoms with van der Waals surface area (Å²) in [6.45, 7) is 3.91. The van der Waals surface area contributed by atoms with Gasteiger partial charge in [-0.15, -0.1) is 0 Å². The van der Waals surface area contributed by atoms with Crippen molar-refractivity contribution >= 4 is 17.5 Å². The summed E-state index contributed by atoms with van der Waals surface area (Å²) in [6, 6.07) is 10.2. The summed E-state index contributed by atoms with van der Waals surface area (Å²) >= 11 is 0. The average molecular weight is 477 g/mol. The van der Waals surface area contributed by atoms with Crippen LogP contribution in [0.15, 0.2) is 79.7 Å². The van der Waals surface area contributed by atoms with E-state index >= 15 is 0 Å². The van der Waals surface area contributed by atoms with Gasteiger partial charge in [0.25, 0.3) is 0 Å². The minimum atomic E-state index is -4.42. The van der Waals surface area contributed by atoms with E-state index in [2.05, 4.69) is 37.3 Å². The highest BCUT2D eigenvalue weighted by molar-refractivity contribution is 5.63. The zero-order chi connectivity index (χ0) is 24.4. The minimum Gasteiger partial charge on any atom is -0.344 e. The number of hydrogen-bond acceptors (Lipinski definition) is 6. The summed E-state index contributed by atoms with van der Waals surface area (Å²) in [5.41, 5.74) is 3.38. The van der Waals surface area contributed by atoms with Crippen LogP contribution in [0.5, 0.6) is 0 Å². The lowest BCUT2D eigenvalue weighted by Crippen LogP contribution is -2.08. The van der Waals surface area contributed by atoms with Crippen LogP contribution in [0.2, 0.25) is 0 Å². The van der Waals surface area contributed by atoms with Gasteiger partial charge in [-0.3, -0.25) is 4.68 Å². The molecule has 1 aliphatic carbocycles. The molecule has 7 nitrogen and oxygen atoms in total. The van der Waals surface area contributed by atoms with Crippen molar-refractivity contribution in [3.63, 3.8) is 0 Å². The predicted molar refractivity (Wildman–Crippen MR) is 127 cm³/mol. The summed E-state index contributed by atoms with van der Waals surface area (Å²) in [5, 5.41) is 10.4. The predicted octanol–water partition coefficient (Wildman–Crippen LogP) is 6.00. The maximum atomic E-state index is 12.9. The SMILES string of the molecule is C=C(Cc1ccc(-c2cnc(Nc3cnn(C4CC4)c3)nc2)cc1)Nc1cc(C(F)(F)F)ccn1. The van der Waals surface area contributed by atoms with Gasteiger partial charge in [-0.1, -0.05) is 30.8 Å². The summed E-state index contributed by atoms with van der Waals surface area (Å²) in [7, 11) is 0. The maximum absolute atomic E-state index is 12.9. The Morgan fingerprint density at radius 1 is 1.00 bits per heavy atom. The molecule has 1 aliphatic rings. The number of anilines is 3. The molecule has 5 rings (SSSR count). The Morgan fingerprint density at radius 3 is 2.43 bits per heavy atom. The van der Waals surface area contributed by atoms with E-state index in [1.54, 1.807) is 18.6 Å². The lowest BCUT2D eigenvalue weighted by molar-refractivity contribution is -0.137. The van der Waals surface area contributed by atoms with Crippen LogP contribution in [-0.2, 0) is 12.6 Å². The number of allylic oxidation sites excluding steroid dienone is 1. The summed E-state index contributed by atoms with van der Waals surface area (Å²) < 4.78 is 40.6. The second-order valence-electron chi connectivity index (χ2n) is 8.39. The van der Waals surface area contributed by atoms with Crippen LogP contribution in [0.3, 0.4) is 0 Å². The van der Waals surface area contributed by atoms with Gasteiger partial charge in [-0.2, -0.15) is 18.3 Å². The van der Waals surface area contributed by atoms with E-state index in [1.165, 1.54) is 12.8 Å². The monoisotopic (exact) mass is 477 g/mol. The molecular formula is C25H22F3N7. The van der Waals surface area contributed by atoms with Crippen LogP contribution < -0.4 is 10.6 Å². The molecule has 3 aromatic heterocycles. The van der Waals surface area contributed by atoms with Gasteiger partial charge >= 0.3 is 6.18 Å². The van der Waals surface area contributed by atoms with Crippen molar-refractivity contribution < 1.29 is 13.2 Å². The number of alkyl halides is 3. The van der Waals surface area contributed by atoms with E-state index in [0.29, 0.717) is 24.1 Å². The largest absolute Gasteiger partial charge is 0.416 e. The topological polar surface area (TPSA) is 80.5 Å². The highest BCUT2D eigenvalue weighted by atomic mass is 19.4. The fourth-order valence-corrected chi connectivity index (χ4v) is 3.57. The Labute approximate surface area is 199 Å². The Kier molecular flexibility index (Phi) is 5.94. The molecule has 1 saturated carbocycles. The Balaban J connectivity index is 1.18. The lowest BCUT2D eigenvalue weighted by Gasteiger charge is -2.12. The normalized spacial score (nSPS) is 13.5. The smallest absolute Gasteiger partial charge is 0.344 e. The molecule has 10 heteroatoms. The molecule has 0 saturated heterocycles. The molecule has 1 fully saturated rings. The van der Waals surface area contributed by atoms with Crippen molar-refractivity contribution in [3.05, 3.63) is 90.8 Å². The maximum Gasteiger partial charge on any atom is 0.416 e. The molecule has 0 atom stereocenters. The Morgan fingerprint density at radius 2 is 1.74 bits per heavy atom. The molecule has 1 aromatic carbocycles. The van der Waals surface area contributed by atoms with Crippen LogP contribution in [0.4, 0.5) is 30.6 Å².